The molecule has 0 radical (unpaired) electrons. The van der Waals surface area contributed by atoms with Crippen molar-refractivity contribution >= 4 is 27.5 Å². The molecule has 0 aliphatic rings. The van der Waals surface area contributed by atoms with Crippen molar-refractivity contribution in [1.82, 2.24) is 14.5 Å². The van der Waals surface area contributed by atoms with Crippen LogP contribution in [-0.4, -0.2) is 41.0 Å². The molecule has 2 aromatic heterocycles. The fraction of sp³-hybridized carbons (Fsp3) is 0.632. The van der Waals surface area contributed by atoms with E-state index in [2.05, 4.69) is 5.32 Å². The van der Waals surface area contributed by atoms with Gasteiger partial charge in [-0.2, -0.15) is 0 Å². The molecule has 0 amide bonds. The average molecular weight is 412 g/mol. The van der Waals surface area contributed by atoms with Crippen LogP contribution < -0.4 is 16.6 Å². The van der Waals surface area contributed by atoms with Crippen molar-refractivity contribution in [2.24, 2.45) is 0 Å². The Kier molecular flexibility index (Phi) is 7.19. The highest BCUT2D eigenvalue weighted by molar-refractivity contribution is 7.18. The molecule has 2 aromatic rings. The van der Waals surface area contributed by atoms with Gasteiger partial charge in [0.15, 0.2) is 0 Å². The monoisotopic (exact) mass is 411 g/mol. The number of thiophene rings is 1. The molecule has 156 valence electrons. The normalized spacial score (nSPS) is 11.9. The number of carbonyl (C=O) groups is 1. The zero-order chi connectivity index (χ0) is 21.1. The minimum absolute atomic E-state index is 0.0701. The van der Waals surface area contributed by atoms with E-state index in [0.717, 1.165) is 10.4 Å². The molecule has 0 aromatic carbocycles. The summed E-state index contributed by atoms with van der Waals surface area (Å²) < 4.78 is 13.2. The lowest BCUT2D eigenvalue weighted by atomic mass is 10.2. The molecule has 0 bridgehead atoms. The predicted molar refractivity (Wildman–Crippen MR) is 110 cm³/mol. The summed E-state index contributed by atoms with van der Waals surface area (Å²) in [4.78, 5) is 38.9. The van der Waals surface area contributed by atoms with Crippen molar-refractivity contribution in [1.29, 1.82) is 0 Å². The molecule has 0 atom stereocenters. The van der Waals surface area contributed by atoms with Gasteiger partial charge in [-0.05, 0) is 40.2 Å². The van der Waals surface area contributed by atoms with Crippen molar-refractivity contribution in [3.8, 4) is 0 Å². The van der Waals surface area contributed by atoms with Gasteiger partial charge in [0.1, 0.15) is 10.4 Å². The molecule has 0 aliphatic carbocycles. The number of aromatic nitrogens is 2. The summed E-state index contributed by atoms with van der Waals surface area (Å²) in [5.74, 6) is -0.336. The van der Waals surface area contributed by atoms with Crippen molar-refractivity contribution in [3.05, 3.63) is 31.3 Å². The van der Waals surface area contributed by atoms with Gasteiger partial charge in [-0.15, -0.1) is 11.3 Å². The highest BCUT2D eigenvalue weighted by atomic mass is 32.1. The Morgan fingerprint density at radius 3 is 2.46 bits per heavy atom. The van der Waals surface area contributed by atoms with Crippen molar-refractivity contribution in [2.45, 2.75) is 59.9 Å². The molecule has 0 fully saturated rings. The number of methoxy groups -OCH3 is 1. The van der Waals surface area contributed by atoms with Gasteiger partial charge in [-0.3, -0.25) is 18.7 Å². The number of hydrogen-bond acceptors (Lipinski definition) is 7. The molecule has 28 heavy (non-hydrogen) atoms. The molecule has 0 spiro atoms. The lowest BCUT2D eigenvalue weighted by Crippen LogP contribution is -2.39. The number of nitrogens with one attached hydrogen (secondary N) is 1. The summed E-state index contributed by atoms with van der Waals surface area (Å²) in [6.45, 7) is 10.6. The molecule has 0 unspecified atom stereocenters. The van der Waals surface area contributed by atoms with E-state index in [1.54, 1.807) is 18.6 Å². The number of hydrogen-bond donors (Lipinski definition) is 1. The van der Waals surface area contributed by atoms with Crippen LogP contribution in [0.3, 0.4) is 0 Å². The van der Waals surface area contributed by atoms with Crippen LogP contribution in [0.25, 0.3) is 10.2 Å². The van der Waals surface area contributed by atoms with Gasteiger partial charge in [0.2, 0.25) is 0 Å². The van der Waals surface area contributed by atoms with Crippen LogP contribution in [0.1, 0.15) is 38.1 Å². The van der Waals surface area contributed by atoms with Gasteiger partial charge in [0.25, 0.3) is 5.56 Å². The first-order chi connectivity index (χ1) is 13.1. The second-order valence-corrected chi connectivity index (χ2v) is 8.58. The lowest BCUT2D eigenvalue weighted by molar-refractivity contribution is -0.153. The topological polar surface area (TPSA) is 91.6 Å². The van der Waals surface area contributed by atoms with Gasteiger partial charge in [-0.25, -0.2) is 4.79 Å². The lowest BCUT2D eigenvalue weighted by Gasteiger charge is -2.19. The number of aryl methyl sites for hydroxylation is 1. The average Bonchev–Trinajstić information content (AvgIpc) is 2.90. The summed E-state index contributed by atoms with van der Waals surface area (Å²) in [5, 5.41) is 3.62. The molecule has 2 heterocycles. The Hall–Kier alpha value is -1.97. The van der Waals surface area contributed by atoms with E-state index in [4.69, 9.17) is 9.47 Å². The fourth-order valence-electron chi connectivity index (χ4n) is 2.92. The van der Waals surface area contributed by atoms with E-state index in [-0.39, 0.29) is 23.8 Å². The molecule has 9 heteroatoms. The van der Waals surface area contributed by atoms with Crippen molar-refractivity contribution in [2.75, 3.05) is 20.3 Å². The van der Waals surface area contributed by atoms with E-state index in [9.17, 15) is 14.4 Å². The number of rotatable bonds is 8. The second kappa shape index (κ2) is 9.02. The zero-order valence-electron chi connectivity index (χ0n) is 17.4. The van der Waals surface area contributed by atoms with Crippen molar-refractivity contribution in [3.63, 3.8) is 0 Å². The van der Waals surface area contributed by atoms with E-state index in [0.29, 0.717) is 36.5 Å². The molecule has 0 saturated heterocycles. The van der Waals surface area contributed by atoms with Crippen LogP contribution in [0.5, 0.6) is 0 Å². The maximum absolute atomic E-state index is 12.8. The number of ether oxygens (including phenoxy) is 2. The van der Waals surface area contributed by atoms with Gasteiger partial charge in [0.05, 0.1) is 25.1 Å². The minimum Gasteiger partial charge on any atom is -0.459 e. The predicted octanol–water partition coefficient (Wildman–Crippen LogP) is 1.63. The molecule has 2 rings (SSSR count). The van der Waals surface area contributed by atoms with Crippen molar-refractivity contribution < 1.29 is 14.3 Å². The summed E-state index contributed by atoms with van der Waals surface area (Å²) in [7, 11) is 1.57. The smallest absolute Gasteiger partial charge is 0.332 e. The molecular weight excluding hydrogens is 382 g/mol. The number of esters is 1. The number of fused-ring (bicyclic) bond motifs is 1. The van der Waals surface area contributed by atoms with Crippen LogP contribution in [0.15, 0.2) is 9.59 Å². The van der Waals surface area contributed by atoms with E-state index >= 15 is 0 Å². The molecule has 0 saturated carbocycles. The molecule has 1 N–H and O–H groups in total. The highest BCUT2D eigenvalue weighted by Gasteiger charge is 2.20. The van der Waals surface area contributed by atoms with E-state index < -0.39 is 5.60 Å². The fourth-order valence-corrected chi connectivity index (χ4v) is 4.21. The Bertz CT molecular complexity index is 965. The number of carbonyl (C=O) groups excluding carboxylic acids is 1. The quantitative estimate of drug-likeness (QED) is 0.664. The molecule has 8 nitrogen and oxygen atoms in total. The van der Waals surface area contributed by atoms with Gasteiger partial charge in [-0.1, -0.05) is 0 Å². The Labute approximate surface area is 168 Å². The highest BCUT2D eigenvalue weighted by Crippen LogP contribution is 2.27. The zero-order valence-corrected chi connectivity index (χ0v) is 18.2. The third kappa shape index (κ3) is 4.89. The van der Waals surface area contributed by atoms with Gasteiger partial charge >= 0.3 is 11.7 Å². The first kappa shape index (κ1) is 22.3. The molecule has 0 aliphatic heterocycles. The minimum atomic E-state index is -0.533. The SMILES string of the molecule is CCn1c(=O)c2c(C)c(CNCC(=O)OC(C)(C)C)sc2n(CCOC)c1=O. The Morgan fingerprint density at radius 1 is 1.21 bits per heavy atom. The van der Waals surface area contributed by atoms with Crippen LogP contribution in [-0.2, 0) is 33.9 Å². The van der Waals surface area contributed by atoms with Gasteiger partial charge < -0.3 is 14.8 Å². The van der Waals surface area contributed by atoms with Gasteiger partial charge in [0, 0.05) is 25.1 Å². The van der Waals surface area contributed by atoms with E-state index in [1.807, 2.05) is 27.7 Å². The van der Waals surface area contributed by atoms with Crippen LogP contribution in [0, 0.1) is 6.92 Å². The van der Waals surface area contributed by atoms with Crippen LogP contribution >= 0.6 is 11.3 Å². The third-order valence-electron chi connectivity index (χ3n) is 4.20. The maximum atomic E-state index is 12.8. The Morgan fingerprint density at radius 2 is 1.89 bits per heavy atom. The second-order valence-electron chi connectivity index (χ2n) is 7.50. The molecular formula is C19H29N3O5S. The standard InChI is InChI=1S/C19H29N3O5S/c1-7-21-16(24)15-12(2)13(10-20-11-14(23)27-19(3,4)5)28-17(15)22(18(21)25)8-9-26-6/h20H,7-11H2,1-6H3. The Balaban J connectivity index is 2.35. The summed E-state index contributed by atoms with van der Waals surface area (Å²) >= 11 is 1.39. The first-order valence-electron chi connectivity index (χ1n) is 9.27. The van der Waals surface area contributed by atoms with Crippen LogP contribution in [0.4, 0.5) is 0 Å². The first-order valence-corrected chi connectivity index (χ1v) is 10.1. The number of nitrogens with zero attached hydrogens (tertiary/aromatic N) is 2. The summed E-state index contributed by atoms with van der Waals surface area (Å²) in [6.07, 6.45) is 0. The van der Waals surface area contributed by atoms with E-state index in [1.165, 1.54) is 15.9 Å². The summed E-state index contributed by atoms with van der Waals surface area (Å²) in [6, 6.07) is 0. The largest absolute Gasteiger partial charge is 0.459 e. The maximum Gasteiger partial charge on any atom is 0.332 e. The summed E-state index contributed by atoms with van der Waals surface area (Å²) in [5.41, 5.74) is -0.306. The third-order valence-corrected chi connectivity index (χ3v) is 5.52. The van der Waals surface area contributed by atoms with Crippen LogP contribution in [0.2, 0.25) is 0 Å².